The maximum Gasteiger partial charge on any atom is 0.419 e. The van der Waals surface area contributed by atoms with E-state index in [1.54, 1.807) is 31.2 Å². The van der Waals surface area contributed by atoms with E-state index in [1.165, 1.54) is 30.9 Å². The van der Waals surface area contributed by atoms with Gasteiger partial charge in [-0.2, -0.15) is 0 Å². The lowest BCUT2D eigenvalue weighted by atomic mass is 10.1. The minimum absolute atomic E-state index is 0.0179. The normalized spacial score (nSPS) is 12.9. The summed E-state index contributed by atoms with van der Waals surface area (Å²) in [6, 6.07) is 9.05. The molecule has 28 heavy (non-hydrogen) atoms. The number of oxazole rings is 1. The summed E-state index contributed by atoms with van der Waals surface area (Å²) in [5, 5.41) is 0. The van der Waals surface area contributed by atoms with Crippen molar-refractivity contribution in [2.75, 3.05) is 14.2 Å². The first-order valence-electron chi connectivity index (χ1n) is 8.68. The molecule has 0 amide bonds. The summed E-state index contributed by atoms with van der Waals surface area (Å²) >= 11 is 0. The minimum Gasteiger partial charge on any atom is -0.493 e. The van der Waals surface area contributed by atoms with Gasteiger partial charge in [0.1, 0.15) is 0 Å². The molecule has 150 valence electrons. The van der Waals surface area contributed by atoms with E-state index in [2.05, 4.69) is 4.72 Å². The fourth-order valence-electron chi connectivity index (χ4n) is 3.00. The maximum atomic E-state index is 12.8. The van der Waals surface area contributed by atoms with Crippen LogP contribution in [0.5, 0.6) is 11.5 Å². The summed E-state index contributed by atoms with van der Waals surface area (Å²) in [7, 11) is -0.791. The quantitative estimate of drug-likeness (QED) is 0.648. The number of rotatable bonds is 7. The lowest BCUT2D eigenvalue weighted by molar-refractivity contribution is 0.354. The van der Waals surface area contributed by atoms with E-state index in [0.29, 0.717) is 29.1 Å². The van der Waals surface area contributed by atoms with E-state index >= 15 is 0 Å². The number of sulfonamides is 1. The van der Waals surface area contributed by atoms with Crippen LogP contribution in [0.3, 0.4) is 0 Å². The van der Waals surface area contributed by atoms with Crippen LogP contribution in [0.25, 0.3) is 11.1 Å². The van der Waals surface area contributed by atoms with Gasteiger partial charge in [0.15, 0.2) is 17.1 Å². The van der Waals surface area contributed by atoms with Crippen LogP contribution in [0.4, 0.5) is 0 Å². The lowest BCUT2D eigenvalue weighted by Gasteiger charge is -2.16. The number of nitrogens with one attached hydrogen (secondary N) is 1. The average Bonchev–Trinajstić information content (AvgIpc) is 3.00. The molecule has 1 atom stereocenters. The molecule has 0 aliphatic rings. The summed E-state index contributed by atoms with van der Waals surface area (Å²) in [5.74, 6) is 0.552. The minimum atomic E-state index is -3.84. The number of methoxy groups -OCH3 is 2. The first-order valence-corrected chi connectivity index (χ1v) is 10.2. The Morgan fingerprint density at radius 2 is 1.82 bits per heavy atom. The number of ether oxygens (including phenoxy) is 2. The molecule has 0 saturated carbocycles. The molecule has 0 aliphatic carbocycles. The van der Waals surface area contributed by atoms with E-state index in [0.717, 1.165) is 0 Å². The highest BCUT2D eigenvalue weighted by Crippen LogP contribution is 2.30. The van der Waals surface area contributed by atoms with Crippen LogP contribution in [-0.2, 0) is 16.6 Å². The summed E-state index contributed by atoms with van der Waals surface area (Å²) < 4.78 is 45.3. The summed E-state index contributed by atoms with van der Waals surface area (Å²) in [4.78, 5) is 11.8. The van der Waals surface area contributed by atoms with Crippen molar-refractivity contribution in [3.05, 3.63) is 52.5 Å². The molecule has 0 aliphatic heterocycles. The lowest BCUT2D eigenvalue weighted by Crippen LogP contribution is -2.26. The van der Waals surface area contributed by atoms with Crippen LogP contribution in [-0.4, -0.2) is 27.2 Å². The van der Waals surface area contributed by atoms with Gasteiger partial charge < -0.3 is 13.9 Å². The first-order chi connectivity index (χ1) is 13.3. The van der Waals surface area contributed by atoms with Gasteiger partial charge in [-0.1, -0.05) is 6.07 Å². The number of hydrogen-bond acceptors (Lipinski definition) is 6. The molecule has 1 N–H and O–H groups in total. The Kier molecular flexibility index (Phi) is 5.48. The molecule has 0 radical (unpaired) electrons. The second-order valence-electron chi connectivity index (χ2n) is 6.20. The van der Waals surface area contributed by atoms with Crippen molar-refractivity contribution < 1.29 is 22.3 Å². The molecule has 0 fully saturated rings. The van der Waals surface area contributed by atoms with Gasteiger partial charge >= 0.3 is 5.76 Å². The molecule has 0 spiro atoms. The molecule has 0 unspecified atom stereocenters. The highest BCUT2D eigenvalue weighted by Gasteiger charge is 2.21. The van der Waals surface area contributed by atoms with Crippen molar-refractivity contribution >= 4 is 21.1 Å². The van der Waals surface area contributed by atoms with Crippen molar-refractivity contribution in [3.8, 4) is 11.5 Å². The monoisotopic (exact) mass is 406 g/mol. The predicted molar refractivity (Wildman–Crippen MR) is 104 cm³/mol. The first kappa shape index (κ1) is 20.0. The fraction of sp³-hybridized carbons (Fsp3) is 0.316. The summed E-state index contributed by atoms with van der Waals surface area (Å²) in [6.45, 7) is 3.98. The van der Waals surface area contributed by atoms with Crippen molar-refractivity contribution in [1.82, 2.24) is 9.29 Å². The number of benzene rings is 2. The topological polar surface area (TPSA) is 99.8 Å². The fourth-order valence-corrected chi connectivity index (χ4v) is 4.25. The van der Waals surface area contributed by atoms with Gasteiger partial charge in [0, 0.05) is 18.7 Å². The number of aryl methyl sites for hydroxylation is 1. The van der Waals surface area contributed by atoms with Gasteiger partial charge in [-0.3, -0.25) is 4.57 Å². The van der Waals surface area contributed by atoms with Crippen molar-refractivity contribution in [2.24, 2.45) is 0 Å². The zero-order chi connectivity index (χ0) is 20.5. The zero-order valence-corrected chi connectivity index (χ0v) is 16.9. The third-order valence-corrected chi connectivity index (χ3v) is 6.04. The highest BCUT2D eigenvalue weighted by atomic mass is 32.2. The molecule has 3 aromatic rings. The smallest absolute Gasteiger partial charge is 0.419 e. The Morgan fingerprint density at radius 1 is 1.11 bits per heavy atom. The SMILES string of the molecule is CCn1c(=O)oc2cc(S(=O)(=O)N[C@H](C)c3ccc(OC)c(OC)c3)ccc21. The largest absolute Gasteiger partial charge is 0.493 e. The van der Waals surface area contributed by atoms with E-state index in [9.17, 15) is 13.2 Å². The van der Waals surface area contributed by atoms with Crippen molar-refractivity contribution in [1.29, 1.82) is 0 Å². The van der Waals surface area contributed by atoms with Crippen molar-refractivity contribution in [3.63, 3.8) is 0 Å². The van der Waals surface area contributed by atoms with E-state index in [1.807, 2.05) is 6.92 Å². The molecule has 2 aromatic carbocycles. The van der Waals surface area contributed by atoms with Gasteiger partial charge in [0.25, 0.3) is 0 Å². The van der Waals surface area contributed by atoms with E-state index in [-0.39, 0.29) is 10.5 Å². The molecule has 8 nitrogen and oxygen atoms in total. The molecular weight excluding hydrogens is 384 g/mol. The van der Waals surface area contributed by atoms with Crippen LogP contribution in [0, 0.1) is 0 Å². The predicted octanol–water partition coefficient (Wildman–Crippen LogP) is 2.67. The summed E-state index contributed by atoms with van der Waals surface area (Å²) in [6.07, 6.45) is 0. The van der Waals surface area contributed by atoms with Crippen LogP contribution >= 0.6 is 0 Å². The molecule has 9 heteroatoms. The number of aromatic nitrogens is 1. The Morgan fingerprint density at radius 3 is 2.46 bits per heavy atom. The van der Waals surface area contributed by atoms with Gasteiger partial charge in [-0.05, 0) is 43.7 Å². The Bertz CT molecular complexity index is 1160. The third kappa shape index (κ3) is 3.63. The Balaban J connectivity index is 1.91. The second-order valence-corrected chi connectivity index (χ2v) is 7.91. The second kappa shape index (κ2) is 7.69. The zero-order valence-electron chi connectivity index (χ0n) is 16.1. The molecular formula is C19H22N2O6S. The van der Waals surface area contributed by atoms with Crippen molar-refractivity contribution in [2.45, 2.75) is 31.3 Å². The Hall–Kier alpha value is -2.78. The van der Waals surface area contributed by atoms with Gasteiger partial charge in [-0.15, -0.1) is 0 Å². The molecule has 1 aromatic heterocycles. The molecule has 3 rings (SSSR count). The average molecular weight is 406 g/mol. The highest BCUT2D eigenvalue weighted by molar-refractivity contribution is 7.89. The summed E-state index contributed by atoms with van der Waals surface area (Å²) in [5.41, 5.74) is 1.50. The number of hydrogen-bond donors (Lipinski definition) is 1. The standard InChI is InChI=1S/C19H22N2O6S/c1-5-21-15-8-7-14(11-17(15)27-19(21)22)28(23,24)20-12(2)13-6-9-16(25-3)18(10-13)26-4/h6-12,20H,5H2,1-4H3/t12-/m1/s1. The van der Waals surface area contributed by atoms with E-state index in [4.69, 9.17) is 13.9 Å². The van der Waals surface area contributed by atoms with Crippen LogP contribution in [0.2, 0.25) is 0 Å². The van der Waals surface area contributed by atoms with Crippen LogP contribution in [0.1, 0.15) is 25.5 Å². The number of nitrogens with zero attached hydrogens (tertiary/aromatic N) is 1. The van der Waals surface area contributed by atoms with Gasteiger partial charge in [0.2, 0.25) is 10.0 Å². The maximum absolute atomic E-state index is 12.8. The van der Waals surface area contributed by atoms with E-state index < -0.39 is 21.8 Å². The molecule has 0 bridgehead atoms. The third-order valence-electron chi connectivity index (χ3n) is 4.51. The Labute approximate surface area is 162 Å². The van der Waals surface area contributed by atoms with Crippen LogP contribution in [0.15, 0.2) is 50.5 Å². The number of fused-ring (bicyclic) bond motifs is 1. The van der Waals surface area contributed by atoms with Gasteiger partial charge in [0.05, 0.1) is 24.6 Å². The molecule has 1 heterocycles. The van der Waals surface area contributed by atoms with Gasteiger partial charge in [-0.25, -0.2) is 17.9 Å². The molecule has 0 saturated heterocycles. The van der Waals surface area contributed by atoms with Crippen LogP contribution < -0.4 is 20.0 Å².